The van der Waals surface area contributed by atoms with E-state index in [9.17, 15) is 14.2 Å². The molecule has 0 heterocycles. The first-order chi connectivity index (χ1) is 6.72. The zero-order chi connectivity index (χ0) is 12.1. The van der Waals surface area contributed by atoms with Gasteiger partial charge >= 0.3 is 19.5 Å². The maximum atomic E-state index is 10.5. The molecule has 0 aromatic heterocycles. The van der Waals surface area contributed by atoms with Gasteiger partial charge in [0.1, 0.15) is 6.04 Å². The van der Waals surface area contributed by atoms with Gasteiger partial charge in [-0.15, -0.1) is 0 Å². The number of nitrogens with one attached hydrogen (secondary N) is 1. The average molecular weight is 241 g/mol. The highest BCUT2D eigenvalue weighted by Crippen LogP contribution is 2.32. The first-order valence-electron chi connectivity index (χ1n) is 3.95. The summed E-state index contributed by atoms with van der Waals surface area (Å²) in [5.74, 6) is -2.51. The van der Waals surface area contributed by atoms with Crippen molar-refractivity contribution in [3.8, 4) is 0 Å². The molecule has 0 aliphatic rings. The summed E-state index contributed by atoms with van der Waals surface area (Å²) in [7, 11) is -4.33. The van der Waals surface area contributed by atoms with Crippen LogP contribution < -0.4 is 5.32 Å². The lowest BCUT2D eigenvalue weighted by atomic mass is 10.1. The van der Waals surface area contributed by atoms with Crippen LogP contribution >= 0.6 is 7.60 Å². The van der Waals surface area contributed by atoms with Crippen molar-refractivity contribution >= 4 is 19.5 Å². The second-order valence-electron chi connectivity index (χ2n) is 2.85. The molecule has 0 aliphatic carbocycles. The van der Waals surface area contributed by atoms with Crippen molar-refractivity contribution in [1.29, 1.82) is 0 Å². The smallest absolute Gasteiger partial charge is 0.339 e. The largest absolute Gasteiger partial charge is 0.481 e. The van der Waals surface area contributed by atoms with Crippen LogP contribution in [0, 0.1) is 0 Å². The van der Waals surface area contributed by atoms with E-state index in [2.05, 4.69) is 5.32 Å². The molecule has 0 saturated carbocycles. The minimum Gasteiger partial charge on any atom is -0.481 e. The van der Waals surface area contributed by atoms with Gasteiger partial charge in [0.05, 0.1) is 6.29 Å². The summed E-state index contributed by atoms with van der Waals surface area (Å²) in [6, 6.07) is -1.27. The maximum absolute atomic E-state index is 10.5. The Morgan fingerprint density at radius 3 is 2.13 bits per heavy atom. The number of hydrogen-bond donors (Lipinski definition) is 5. The van der Waals surface area contributed by atoms with Crippen molar-refractivity contribution in [3.05, 3.63) is 0 Å². The molecule has 0 bridgehead atoms. The third-order valence-electron chi connectivity index (χ3n) is 1.49. The number of carboxylic acid groups (broad SMARTS) is 2. The van der Waals surface area contributed by atoms with Crippen LogP contribution in [-0.4, -0.2) is 44.3 Å². The summed E-state index contributed by atoms with van der Waals surface area (Å²) in [6.45, 7) is 0. The molecule has 15 heavy (non-hydrogen) atoms. The normalized spacial score (nSPS) is 13.5. The van der Waals surface area contributed by atoms with Gasteiger partial charge in [0.15, 0.2) is 0 Å². The zero-order valence-corrected chi connectivity index (χ0v) is 8.55. The zero-order valence-electron chi connectivity index (χ0n) is 7.66. The summed E-state index contributed by atoms with van der Waals surface area (Å²) in [5, 5.41) is 19.0. The van der Waals surface area contributed by atoms with Crippen LogP contribution in [-0.2, 0) is 14.2 Å². The average Bonchev–Trinajstić information content (AvgIpc) is 2.00. The molecule has 0 aromatic carbocycles. The van der Waals surface area contributed by atoms with Gasteiger partial charge in [-0.25, -0.2) is 0 Å². The molecule has 88 valence electrons. The Kier molecular flexibility index (Phi) is 5.45. The molecular weight excluding hydrogens is 229 g/mol. The number of aliphatic carboxylic acids is 2. The Morgan fingerprint density at radius 1 is 1.27 bits per heavy atom. The molecule has 0 unspecified atom stereocenters. The highest BCUT2D eigenvalue weighted by atomic mass is 31.2. The lowest BCUT2D eigenvalue weighted by Crippen LogP contribution is -2.37. The van der Waals surface area contributed by atoms with Gasteiger partial charge in [0.2, 0.25) is 0 Å². The molecule has 1 atom stereocenters. The summed E-state index contributed by atoms with van der Waals surface area (Å²) in [6.07, 6.45) is -1.40. The van der Waals surface area contributed by atoms with Gasteiger partial charge in [0, 0.05) is 6.42 Å². The second kappa shape index (κ2) is 5.82. The second-order valence-corrected chi connectivity index (χ2v) is 4.50. The molecular formula is C6H12NO7P. The molecule has 0 radical (unpaired) electrons. The number of carbonyl (C=O) groups is 2. The van der Waals surface area contributed by atoms with Crippen LogP contribution in [0.5, 0.6) is 0 Å². The van der Waals surface area contributed by atoms with Crippen LogP contribution in [0.4, 0.5) is 0 Å². The molecule has 0 rings (SSSR count). The van der Waals surface area contributed by atoms with Gasteiger partial charge < -0.3 is 20.0 Å². The molecule has 5 N–H and O–H groups in total. The summed E-state index contributed by atoms with van der Waals surface area (Å²) >= 11 is 0. The van der Waals surface area contributed by atoms with Gasteiger partial charge in [-0.1, -0.05) is 0 Å². The lowest BCUT2D eigenvalue weighted by molar-refractivity contribution is -0.140. The van der Waals surface area contributed by atoms with Gasteiger partial charge in [-0.05, 0) is 6.42 Å². The Balaban J connectivity index is 4.11. The van der Waals surface area contributed by atoms with E-state index in [4.69, 9.17) is 20.0 Å². The fourth-order valence-electron chi connectivity index (χ4n) is 0.810. The third-order valence-corrected chi connectivity index (χ3v) is 2.08. The topological polar surface area (TPSA) is 144 Å². The molecule has 0 saturated heterocycles. The van der Waals surface area contributed by atoms with Crippen LogP contribution in [0.1, 0.15) is 12.8 Å². The number of carboxylic acids is 2. The first-order valence-corrected chi connectivity index (χ1v) is 5.74. The minimum atomic E-state index is -4.33. The van der Waals surface area contributed by atoms with E-state index < -0.39 is 31.9 Å². The molecule has 9 heteroatoms. The summed E-state index contributed by atoms with van der Waals surface area (Å²) in [4.78, 5) is 37.6. The Bertz CT molecular complexity index is 285. The highest BCUT2D eigenvalue weighted by molar-refractivity contribution is 7.51. The van der Waals surface area contributed by atoms with E-state index in [-0.39, 0.29) is 12.8 Å². The van der Waals surface area contributed by atoms with Crippen molar-refractivity contribution in [3.63, 3.8) is 0 Å². The minimum absolute atomic E-state index is 0.231. The monoisotopic (exact) mass is 241 g/mol. The van der Waals surface area contributed by atoms with Crippen molar-refractivity contribution in [2.75, 3.05) is 6.29 Å². The van der Waals surface area contributed by atoms with Gasteiger partial charge in [0.25, 0.3) is 0 Å². The van der Waals surface area contributed by atoms with Crippen LogP contribution in [0.3, 0.4) is 0 Å². The van der Waals surface area contributed by atoms with E-state index in [1.54, 1.807) is 0 Å². The molecule has 0 aromatic rings. The highest BCUT2D eigenvalue weighted by Gasteiger charge is 2.22. The molecule has 0 amide bonds. The third kappa shape index (κ3) is 8.07. The number of hydrogen-bond acceptors (Lipinski definition) is 4. The molecule has 0 spiro atoms. The van der Waals surface area contributed by atoms with Crippen molar-refractivity contribution in [1.82, 2.24) is 5.32 Å². The lowest BCUT2D eigenvalue weighted by Gasteiger charge is -2.13. The Morgan fingerprint density at radius 2 is 1.80 bits per heavy atom. The maximum Gasteiger partial charge on any atom is 0.339 e. The predicted octanol–water partition coefficient (Wildman–Crippen LogP) is -0.971. The van der Waals surface area contributed by atoms with E-state index in [1.165, 1.54) is 0 Å². The Hall–Kier alpha value is -0.950. The number of rotatable bonds is 7. The first kappa shape index (κ1) is 14.1. The predicted molar refractivity (Wildman–Crippen MR) is 48.3 cm³/mol. The van der Waals surface area contributed by atoms with Gasteiger partial charge in [-0.3, -0.25) is 19.5 Å². The van der Waals surface area contributed by atoms with E-state index in [1.807, 2.05) is 0 Å². The van der Waals surface area contributed by atoms with Gasteiger partial charge in [-0.2, -0.15) is 0 Å². The fourth-order valence-corrected chi connectivity index (χ4v) is 1.27. The fraction of sp³-hybridized carbons (Fsp3) is 0.667. The van der Waals surface area contributed by atoms with Crippen molar-refractivity contribution < 1.29 is 34.2 Å². The van der Waals surface area contributed by atoms with Crippen LogP contribution in [0.2, 0.25) is 0 Å². The Labute approximate surface area is 85.1 Å². The SMILES string of the molecule is O=C(O)CC[C@H](NCP(=O)(O)O)C(=O)O. The van der Waals surface area contributed by atoms with E-state index in [0.29, 0.717) is 0 Å². The summed E-state index contributed by atoms with van der Waals surface area (Å²) in [5.41, 5.74) is 0. The van der Waals surface area contributed by atoms with E-state index in [0.717, 1.165) is 0 Å². The summed E-state index contributed by atoms with van der Waals surface area (Å²) < 4.78 is 10.4. The van der Waals surface area contributed by atoms with Crippen LogP contribution in [0.25, 0.3) is 0 Å². The molecule has 0 aliphatic heterocycles. The van der Waals surface area contributed by atoms with Crippen molar-refractivity contribution in [2.45, 2.75) is 18.9 Å². The quantitative estimate of drug-likeness (QED) is 0.358. The van der Waals surface area contributed by atoms with Crippen molar-refractivity contribution in [2.24, 2.45) is 0 Å². The van der Waals surface area contributed by atoms with Crippen LogP contribution in [0.15, 0.2) is 0 Å². The van der Waals surface area contributed by atoms with E-state index >= 15 is 0 Å². The standard InChI is InChI=1S/C6H12NO7P/c8-5(9)2-1-4(6(10)11)7-3-15(12,13)14/h4,7H,1-3H2,(H,8,9)(H,10,11)(H2,12,13,14)/t4-/m0/s1. The molecule has 8 nitrogen and oxygen atoms in total. The molecule has 0 fully saturated rings.